The molecule has 0 unspecified atom stereocenters. The summed E-state index contributed by atoms with van der Waals surface area (Å²) in [6, 6.07) is 14.4. The predicted octanol–water partition coefficient (Wildman–Crippen LogP) is 5.78. The number of hydrogen-bond acceptors (Lipinski definition) is 0. The third-order valence-corrected chi connectivity index (χ3v) is 3.98. The van der Waals surface area contributed by atoms with E-state index in [-0.39, 0.29) is 5.41 Å². The monoisotopic (exact) mass is 282 g/mol. The molecule has 0 fully saturated rings. The van der Waals surface area contributed by atoms with Crippen molar-refractivity contribution in [3.63, 3.8) is 0 Å². The molecule has 0 N–H and O–H groups in total. The Kier molecular flexibility index (Phi) is 4.05. The van der Waals surface area contributed by atoms with Gasteiger partial charge in [-0.3, -0.25) is 0 Å². The Morgan fingerprint density at radius 2 is 1.62 bits per heavy atom. The van der Waals surface area contributed by atoms with Crippen molar-refractivity contribution in [2.45, 2.75) is 59.2 Å². The van der Waals surface area contributed by atoms with Crippen LogP contribution < -0.4 is 0 Å². The van der Waals surface area contributed by atoms with E-state index in [0.717, 1.165) is 12.0 Å². The molecule has 0 aliphatic heterocycles. The van der Waals surface area contributed by atoms with Gasteiger partial charge in [-0.15, -0.1) is 0 Å². The third-order valence-electron chi connectivity index (χ3n) is 3.98. The molecular formula is C21H28. The van der Waals surface area contributed by atoms with Gasteiger partial charge < -0.3 is 0 Å². The first kappa shape index (κ1) is 13.1. The van der Waals surface area contributed by atoms with Crippen molar-refractivity contribution >= 4 is 0 Å². The van der Waals surface area contributed by atoms with E-state index in [0.29, 0.717) is 6.42 Å². The van der Waals surface area contributed by atoms with Crippen LogP contribution >= 0.6 is 0 Å². The molecule has 0 aliphatic carbocycles. The average molecular weight is 282 g/mol. The third kappa shape index (κ3) is 4.46. The highest BCUT2D eigenvalue weighted by atomic mass is 14.2. The van der Waals surface area contributed by atoms with Gasteiger partial charge >= 0.3 is 0 Å². The molecular weight excluding hydrogens is 252 g/mol. The molecule has 2 aromatic carbocycles. The minimum Gasteiger partial charge on any atom is -0.0590 e. The highest BCUT2D eigenvalue weighted by molar-refractivity contribution is 5.31. The lowest BCUT2D eigenvalue weighted by Crippen LogP contribution is -2.10. The number of aryl methyl sites for hydroxylation is 4. The molecule has 0 radical (unpaired) electrons. The van der Waals surface area contributed by atoms with Crippen molar-refractivity contribution < 1.29 is 2.74 Å². The van der Waals surface area contributed by atoms with E-state index in [1.165, 1.54) is 22.3 Å². The molecule has 21 heavy (non-hydrogen) atoms. The number of hydrogen-bond donors (Lipinski definition) is 0. The van der Waals surface area contributed by atoms with Gasteiger partial charge in [-0.05, 0) is 60.7 Å². The van der Waals surface area contributed by atoms with E-state index in [4.69, 9.17) is 2.74 Å². The van der Waals surface area contributed by atoms with E-state index in [9.17, 15) is 0 Å². The second-order valence-corrected chi connectivity index (χ2v) is 6.93. The first-order chi connectivity index (χ1) is 10.6. The van der Waals surface area contributed by atoms with Crippen molar-refractivity contribution in [1.29, 1.82) is 0 Å². The highest BCUT2D eigenvalue weighted by Crippen LogP contribution is 2.22. The standard InChI is InChI=1S/C21H28/c1-16-9-10-17(2)19(15-16)8-6-7-18-11-13-20(14-12-18)21(3,4)5/h9-15H,6-8H2,1-5H3/i7D2. The largest absolute Gasteiger partial charge is 0.0590 e. The molecule has 0 amide bonds. The van der Waals surface area contributed by atoms with Crippen LogP contribution in [0.3, 0.4) is 0 Å². The summed E-state index contributed by atoms with van der Waals surface area (Å²) in [5.41, 5.74) is 5.85. The topological polar surface area (TPSA) is 0 Å². The first-order valence-electron chi connectivity index (χ1n) is 8.77. The van der Waals surface area contributed by atoms with Gasteiger partial charge in [0.25, 0.3) is 0 Å². The van der Waals surface area contributed by atoms with Gasteiger partial charge in [0.1, 0.15) is 0 Å². The van der Waals surface area contributed by atoms with Gasteiger partial charge in [0.2, 0.25) is 0 Å². The summed E-state index contributed by atoms with van der Waals surface area (Å²) in [5, 5.41) is 0. The molecule has 0 spiro atoms. The zero-order valence-electron chi connectivity index (χ0n) is 16.0. The Bertz CT molecular complexity index is 661. The molecule has 2 rings (SSSR count). The fraction of sp³-hybridized carbons (Fsp3) is 0.429. The summed E-state index contributed by atoms with van der Waals surface area (Å²) in [5.74, 6) is 0. The maximum absolute atomic E-state index is 8.43. The zero-order valence-corrected chi connectivity index (χ0v) is 14.0. The molecule has 112 valence electrons. The molecule has 0 bridgehead atoms. The molecule has 0 aromatic heterocycles. The Balaban J connectivity index is 2.13. The van der Waals surface area contributed by atoms with Gasteiger partial charge in [0.15, 0.2) is 0 Å². The molecule has 0 heteroatoms. The van der Waals surface area contributed by atoms with Crippen LogP contribution in [0.15, 0.2) is 42.5 Å². The van der Waals surface area contributed by atoms with Gasteiger partial charge in [-0.1, -0.05) is 68.8 Å². The van der Waals surface area contributed by atoms with Gasteiger partial charge in [-0.2, -0.15) is 0 Å². The quantitative estimate of drug-likeness (QED) is 0.667. The fourth-order valence-electron chi connectivity index (χ4n) is 2.50. The molecule has 0 atom stereocenters. The van der Waals surface area contributed by atoms with Crippen LogP contribution in [0, 0.1) is 13.8 Å². The molecule has 0 heterocycles. The highest BCUT2D eigenvalue weighted by Gasteiger charge is 2.12. The Morgan fingerprint density at radius 1 is 0.952 bits per heavy atom. The average Bonchev–Trinajstić information content (AvgIpc) is 2.47. The summed E-state index contributed by atoms with van der Waals surface area (Å²) >= 11 is 0. The second-order valence-electron chi connectivity index (χ2n) is 6.93. The van der Waals surface area contributed by atoms with Crippen molar-refractivity contribution in [3.8, 4) is 0 Å². The van der Waals surface area contributed by atoms with E-state index < -0.39 is 6.37 Å². The lowest BCUT2D eigenvalue weighted by atomic mass is 9.86. The van der Waals surface area contributed by atoms with E-state index in [1.807, 2.05) is 12.1 Å². The maximum atomic E-state index is 8.43. The smallest absolute Gasteiger partial charge is 0.0316 e. The number of benzene rings is 2. The zero-order chi connectivity index (χ0) is 17.3. The summed E-state index contributed by atoms with van der Waals surface area (Å²) in [7, 11) is 0. The summed E-state index contributed by atoms with van der Waals surface area (Å²) in [4.78, 5) is 0. The normalized spacial score (nSPS) is 13.8. The molecule has 2 aromatic rings. The summed E-state index contributed by atoms with van der Waals surface area (Å²) in [6.07, 6.45) is -0.0275. The Morgan fingerprint density at radius 3 is 2.24 bits per heavy atom. The molecule has 0 saturated heterocycles. The Hall–Kier alpha value is -1.56. The molecule has 0 nitrogen and oxygen atoms in total. The minimum absolute atomic E-state index is 0.101. The summed E-state index contributed by atoms with van der Waals surface area (Å²) in [6.45, 7) is 10.7. The van der Waals surface area contributed by atoms with E-state index >= 15 is 0 Å². The van der Waals surface area contributed by atoms with E-state index in [1.54, 1.807) is 0 Å². The lowest BCUT2D eigenvalue weighted by molar-refractivity contribution is 0.590. The SMILES string of the molecule is [2H]C([2H])(CCc1cc(C)ccc1C)c1ccc(C(C)(C)C)cc1. The summed E-state index contributed by atoms with van der Waals surface area (Å²) < 4.78 is 16.9. The number of rotatable bonds is 4. The van der Waals surface area contributed by atoms with E-state index in [2.05, 4.69) is 65.0 Å². The van der Waals surface area contributed by atoms with Gasteiger partial charge in [0, 0.05) is 2.74 Å². The maximum Gasteiger partial charge on any atom is 0.0316 e. The van der Waals surface area contributed by atoms with Crippen molar-refractivity contribution in [2.75, 3.05) is 0 Å². The fourth-order valence-corrected chi connectivity index (χ4v) is 2.50. The lowest BCUT2D eigenvalue weighted by Gasteiger charge is -2.19. The molecule has 0 aliphatic rings. The van der Waals surface area contributed by atoms with Crippen LogP contribution in [0.5, 0.6) is 0 Å². The van der Waals surface area contributed by atoms with Crippen LogP contribution in [0.25, 0.3) is 0 Å². The van der Waals surface area contributed by atoms with Crippen molar-refractivity contribution in [1.82, 2.24) is 0 Å². The van der Waals surface area contributed by atoms with Crippen LogP contribution in [-0.4, -0.2) is 0 Å². The van der Waals surface area contributed by atoms with Crippen LogP contribution in [0.2, 0.25) is 0 Å². The van der Waals surface area contributed by atoms with Crippen LogP contribution in [-0.2, 0) is 18.2 Å². The van der Waals surface area contributed by atoms with Crippen LogP contribution in [0.4, 0.5) is 0 Å². The van der Waals surface area contributed by atoms with Gasteiger partial charge in [0.05, 0.1) is 0 Å². The van der Waals surface area contributed by atoms with Crippen LogP contribution in [0.1, 0.15) is 57.8 Å². The minimum atomic E-state index is -1.30. The molecule has 0 saturated carbocycles. The first-order valence-corrected chi connectivity index (χ1v) is 7.77. The second kappa shape index (κ2) is 6.47. The van der Waals surface area contributed by atoms with Crippen molar-refractivity contribution in [3.05, 3.63) is 70.3 Å². The van der Waals surface area contributed by atoms with Gasteiger partial charge in [-0.25, -0.2) is 0 Å². The predicted molar refractivity (Wildman–Crippen MR) is 93.1 cm³/mol. The Labute approximate surface area is 133 Å². The van der Waals surface area contributed by atoms with Crippen molar-refractivity contribution in [2.24, 2.45) is 0 Å².